The Bertz CT molecular complexity index is 418. The molecular weight excluding hydrogens is 246 g/mol. The highest BCUT2D eigenvalue weighted by Gasteiger charge is 2.32. The minimum atomic E-state index is -0.994. The smallest absolute Gasteiger partial charge is 0.134 e. The van der Waals surface area contributed by atoms with Crippen molar-refractivity contribution in [2.24, 2.45) is 5.92 Å². The van der Waals surface area contributed by atoms with E-state index in [1.807, 2.05) is 24.3 Å². The highest BCUT2D eigenvalue weighted by Crippen LogP contribution is 2.34. The molecule has 0 amide bonds. The third kappa shape index (κ3) is 3.33. The topological polar surface area (TPSA) is 38.3 Å². The minimum absolute atomic E-state index is 0.376. The first-order chi connectivity index (χ1) is 8.76. The Balaban J connectivity index is 2.05. The summed E-state index contributed by atoms with van der Waals surface area (Å²) < 4.78 is 17.7. The van der Waals surface area contributed by atoms with Crippen molar-refractivity contribution in [3.8, 4) is 5.75 Å². The van der Waals surface area contributed by atoms with Gasteiger partial charge in [0.2, 0.25) is 0 Å². The first-order valence-corrected chi connectivity index (χ1v) is 7.83. The Morgan fingerprint density at radius 1 is 1.44 bits per heavy atom. The summed E-state index contributed by atoms with van der Waals surface area (Å²) in [5, 5.41) is 3.45. The maximum absolute atomic E-state index is 12.4. The van der Waals surface area contributed by atoms with Gasteiger partial charge < -0.3 is 10.1 Å². The summed E-state index contributed by atoms with van der Waals surface area (Å²) in [6, 6.07) is 7.95. The largest absolute Gasteiger partial charge is 0.495 e. The Hall–Kier alpha value is -0.870. The van der Waals surface area contributed by atoms with Gasteiger partial charge in [-0.25, -0.2) is 0 Å². The van der Waals surface area contributed by atoms with Crippen LogP contribution in [-0.4, -0.2) is 29.7 Å². The Kier molecular flexibility index (Phi) is 4.78. The van der Waals surface area contributed by atoms with E-state index in [-0.39, 0.29) is 0 Å². The lowest BCUT2D eigenvalue weighted by molar-refractivity contribution is 0.404. The van der Waals surface area contributed by atoms with Crippen molar-refractivity contribution in [1.82, 2.24) is 5.32 Å². The van der Waals surface area contributed by atoms with Gasteiger partial charge in [0.05, 0.1) is 22.8 Å². The zero-order chi connectivity index (χ0) is 13.0. The van der Waals surface area contributed by atoms with Gasteiger partial charge in [0.25, 0.3) is 0 Å². The molecule has 0 spiro atoms. The van der Waals surface area contributed by atoms with E-state index >= 15 is 0 Å². The van der Waals surface area contributed by atoms with E-state index in [2.05, 4.69) is 12.2 Å². The van der Waals surface area contributed by atoms with Crippen LogP contribution < -0.4 is 10.1 Å². The summed E-state index contributed by atoms with van der Waals surface area (Å²) in [7, 11) is 0.629. The van der Waals surface area contributed by atoms with E-state index in [4.69, 9.17) is 4.74 Å². The van der Waals surface area contributed by atoms with Crippen LogP contribution in [-0.2, 0) is 10.8 Å². The summed E-state index contributed by atoms with van der Waals surface area (Å²) >= 11 is 0. The molecule has 4 heteroatoms. The molecule has 0 bridgehead atoms. The van der Waals surface area contributed by atoms with E-state index in [9.17, 15) is 4.21 Å². The van der Waals surface area contributed by atoms with Crippen LogP contribution in [0.3, 0.4) is 0 Å². The molecule has 3 nitrogen and oxygen atoms in total. The zero-order valence-corrected chi connectivity index (χ0v) is 11.8. The molecule has 2 unspecified atom stereocenters. The first-order valence-electron chi connectivity index (χ1n) is 6.51. The third-order valence-corrected chi connectivity index (χ3v) is 4.79. The van der Waals surface area contributed by atoms with Crippen LogP contribution in [0.25, 0.3) is 0 Å². The molecule has 0 saturated heterocycles. The summed E-state index contributed by atoms with van der Waals surface area (Å²) in [5.74, 6) is 2.12. The number of rotatable bonds is 7. The molecule has 1 aliphatic carbocycles. The SMILES string of the molecule is CCNC(CS(=O)c1ccccc1OC)C1CC1. The number of ether oxygens (including phenoxy) is 1. The summed E-state index contributed by atoms with van der Waals surface area (Å²) in [5.41, 5.74) is 0. The number of hydrogen-bond acceptors (Lipinski definition) is 3. The highest BCUT2D eigenvalue weighted by molar-refractivity contribution is 7.85. The van der Waals surface area contributed by atoms with Gasteiger partial charge in [-0.3, -0.25) is 4.21 Å². The van der Waals surface area contributed by atoms with E-state index in [1.165, 1.54) is 12.8 Å². The molecule has 100 valence electrons. The molecule has 2 rings (SSSR count). The molecule has 0 heterocycles. The van der Waals surface area contributed by atoms with Crippen LogP contribution in [0.1, 0.15) is 19.8 Å². The fourth-order valence-corrected chi connectivity index (χ4v) is 3.68. The van der Waals surface area contributed by atoms with Gasteiger partial charge >= 0.3 is 0 Å². The van der Waals surface area contributed by atoms with Gasteiger partial charge in [-0.1, -0.05) is 19.1 Å². The van der Waals surface area contributed by atoms with E-state index < -0.39 is 10.8 Å². The molecule has 0 aromatic heterocycles. The van der Waals surface area contributed by atoms with Crippen LogP contribution in [0.15, 0.2) is 29.2 Å². The lowest BCUT2D eigenvalue weighted by Gasteiger charge is -2.17. The standard InChI is InChI=1S/C14H21NO2S/c1-3-15-12(11-8-9-11)10-18(16)14-7-5-4-6-13(14)17-2/h4-7,11-12,15H,3,8-10H2,1-2H3. The van der Waals surface area contributed by atoms with Crippen molar-refractivity contribution in [2.75, 3.05) is 19.4 Å². The predicted octanol–water partition coefficient (Wildman–Crippen LogP) is 2.19. The zero-order valence-electron chi connectivity index (χ0n) is 11.0. The third-order valence-electron chi connectivity index (χ3n) is 3.30. The van der Waals surface area contributed by atoms with Gasteiger partial charge in [-0.2, -0.15) is 0 Å². The van der Waals surface area contributed by atoms with Crippen LogP contribution in [0.2, 0.25) is 0 Å². The Morgan fingerprint density at radius 2 is 2.17 bits per heavy atom. The molecule has 1 aromatic carbocycles. The Morgan fingerprint density at radius 3 is 2.78 bits per heavy atom. The van der Waals surface area contributed by atoms with E-state index in [1.54, 1.807) is 7.11 Å². The van der Waals surface area contributed by atoms with E-state index in [0.717, 1.165) is 17.2 Å². The van der Waals surface area contributed by atoms with Crippen LogP contribution in [0.5, 0.6) is 5.75 Å². The van der Waals surface area contributed by atoms with E-state index in [0.29, 0.717) is 17.7 Å². The fraction of sp³-hybridized carbons (Fsp3) is 0.571. The second-order valence-corrected chi connectivity index (χ2v) is 6.13. The second-order valence-electron chi connectivity index (χ2n) is 4.66. The van der Waals surface area contributed by atoms with Crippen molar-refractivity contribution >= 4 is 10.8 Å². The predicted molar refractivity (Wildman–Crippen MR) is 74.5 cm³/mol. The second kappa shape index (κ2) is 6.34. The van der Waals surface area contributed by atoms with Crippen molar-refractivity contribution in [3.05, 3.63) is 24.3 Å². The monoisotopic (exact) mass is 267 g/mol. The number of benzene rings is 1. The van der Waals surface area contributed by atoms with Crippen molar-refractivity contribution < 1.29 is 8.95 Å². The Labute approximate surface area is 111 Å². The molecule has 1 N–H and O–H groups in total. The molecule has 0 radical (unpaired) electrons. The lowest BCUT2D eigenvalue weighted by Crippen LogP contribution is -2.35. The van der Waals surface area contributed by atoms with Gasteiger partial charge in [-0.15, -0.1) is 0 Å². The quantitative estimate of drug-likeness (QED) is 0.823. The van der Waals surface area contributed by atoms with Crippen molar-refractivity contribution in [1.29, 1.82) is 0 Å². The number of hydrogen-bond donors (Lipinski definition) is 1. The average Bonchev–Trinajstić information content (AvgIpc) is 3.22. The lowest BCUT2D eigenvalue weighted by atomic mass is 10.2. The number of nitrogens with one attached hydrogen (secondary N) is 1. The molecule has 1 aromatic rings. The molecule has 18 heavy (non-hydrogen) atoms. The minimum Gasteiger partial charge on any atom is -0.495 e. The summed E-state index contributed by atoms with van der Waals surface area (Å²) in [4.78, 5) is 0.809. The van der Waals surface area contributed by atoms with Gasteiger partial charge in [0.15, 0.2) is 0 Å². The molecule has 1 fully saturated rings. The number of methoxy groups -OCH3 is 1. The van der Waals surface area contributed by atoms with Crippen LogP contribution in [0, 0.1) is 5.92 Å². The van der Waals surface area contributed by atoms with Gasteiger partial charge in [0, 0.05) is 11.8 Å². The molecular formula is C14H21NO2S. The van der Waals surface area contributed by atoms with Gasteiger partial charge in [-0.05, 0) is 37.4 Å². The fourth-order valence-electron chi connectivity index (χ4n) is 2.18. The molecule has 1 saturated carbocycles. The number of para-hydroxylation sites is 1. The summed E-state index contributed by atoms with van der Waals surface area (Å²) in [6.07, 6.45) is 2.53. The highest BCUT2D eigenvalue weighted by atomic mass is 32.2. The normalized spacial score (nSPS) is 18.3. The maximum atomic E-state index is 12.4. The van der Waals surface area contributed by atoms with Crippen LogP contribution in [0.4, 0.5) is 0 Å². The van der Waals surface area contributed by atoms with Gasteiger partial charge in [0.1, 0.15) is 5.75 Å². The average molecular weight is 267 g/mol. The van der Waals surface area contributed by atoms with Crippen LogP contribution >= 0.6 is 0 Å². The molecule has 2 atom stereocenters. The first kappa shape index (κ1) is 13.6. The van der Waals surface area contributed by atoms with Crippen molar-refractivity contribution in [3.63, 3.8) is 0 Å². The summed E-state index contributed by atoms with van der Waals surface area (Å²) in [6.45, 7) is 3.03. The maximum Gasteiger partial charge on any atom is 0.134 e. The van der Waals surface area contributed by atoms with Crippen molar-refractivity contribution in [2.45, 2.75) is 30.7 Å². The molecule has 0 aliphatic heterocycles. The molecule has 1 aliphatic rings.